The number of nitrogens with zero attached hydrogens (tertiary/aromatic N) is 3. The van der Waals surface area contributed by atoms with Crippen molar-refractivity contribution in [2.24, 2.45) is 0 Å². The number of ether oxygens (including phenoxy) is 2. The number of aliphatic hydroxyl groups excluding tert-OH is 1. The Bertz CT molecular complexity index is 1070. The van der Waals surface area contributed by atoms with Gasteiger partial charge in [-0.2, -0.15) is 4.98 Å². The van der Waals surface area contributed by atoms with Crippen molar-refractivity contribution in [3.05, 3.63) is 36.0 Å². The van der Waals surface area contributed by atoms with Crippen LogP contribution in [0.1, 0.15) is 31.7 Å². The lowest BCUT2D eigenvalue weighted by atomic mass is 9.81. The number of pyridine rings is 1. The van der Waals surface area contributed by atoms with E-state index < -0.39 is 7.12 Å². The summed E-state index contributed by atoms with van der Waals surface area (Å²) in [5.41, 5.74) is 2.02. The molecular formula is C22H30BN5O5. The lowest BCUT2D eigenvalue weighted by molar-refractivity contribution is 0.267. The van der Waals surface area contributed by atoms with Crippen molar-refractivity contribution in [3.8, 4) is 11.5 Å². The Kier molecular flexibility index (Phi) is 8.64. The predicted molar refractivity (Wildman–Crippen MR) is 128 cm³/mol. The van der Waals surface area contributed by atoms with E-state index in [0.717, 1.165) is 24.8 Å². The van der Waals surface area contributed by atoms with Gasteiger partial charge in [-0.3, -0.25) is 4.98 Å². The van der Waals surface area contributed by atoms with Gasteiger partial charge in [-0.1, -0.05) is 19.8 Å². The molecule has 11 heteroatoms. The van der Waals surface area contributed by atoms with Crippen LogP contribution in [0.4, 0.5) is 11.8 Å². The van der Waals surface area contributed by atoms with Crippen molar-refractivity contribution in [2.45, 2.75) is 38.8 Å². The highest BCUT2D eigenvalue weighted by molar-refractivity contribution is 6.58. The summed E-state index contributed by atoms with van der Waals surface area (Å²) in [6, 6.07) is 6.89. The zero-order chi connectivity index (χ0) is 23.8. The van der Waals surface area contributed by atoms with Crippen LogP contribution in [0.2, 0.25) is 0 Å². The molecule has 0 aliphatic rings. The highest BCUT2D eigenvalue weighted by Crippen LogP contribution is 2.26. The highest BCUT2D eigenvalue weighted by atomic mass is 16.5. The van der Waals surface area contributed by atoms with Crippen LogP contribution >= 0.6 is 0 Å². The van der Waals surface area contributed by atoms with E-state index in [1.807, 2.05) is 12.1 Å². The van der Waals surface area contributed by atoms with Crippen LogP contribution in [0.5, 0.6) is 11.5 Å². The Morgan fingerprint density at radius 2 is 1.94 bits per heavy atom. The van der Waals surface area contributed by atoms with Crippen LogP contribution in [-0.2, 0) is 6.54 Å². The summed E-state index contributed by atoms with van der Waals surface area (Å²) in [7, 11) is 1.52. The van der Waals surface area contributed by atoms with Gasteiger partial charge in [-0.25, -0.2) is 4.98 Å². The minimum absolute atomic E-state index is 0.0509. The molecule has 0 spiro atoms. The summed E-state index contributed by atoms with van der Waals surface area (Å²) < 4.78 is 10.7. The fourth-order valence-corrected chi connectivity index (χ4v) is 3.38. The third kappa shape index (κ3) is 6.22. The summed E-state index contributed by atoms with van der Waals surface area (Å²) in [6.07, 6.45) is 4.11. The number of anilines is 2. The van der Waals surface area contributed by atoms with Crippen molar-refractivity contribution in [1.29, 1.82) is 0 Å². The van der Waals surface area contributed by atoms with Crippen LogP contribution in [-0.4, -0.2) is 64.1 Å². The first-order valence-corrected chi connectivity index (χ1v) is 10.8. The lowest BCUT2D eigenvalue weighted by Gasteiger charge is -2.18. The molecule has 3 rings (SSSR count). The molecule has 0 aliphatic carbocycles. The molecule has 0 unspecified atom stereocenters. The molecule has 0 saturated heterocycles. The first-order chi connectivity index (χ1) is 16.0. The summed E-state index contributed by atoms with van der Waals surface area (Å²) in [5.74, 6) is 2.13. The van der Waals surface area contributed by atoms with Gasteiger partial charge < -0.3 is 35.3 Å². The number of aliphatic hydroxyl groups is 1. The standard InChI is InChI=1S/C22H30BN5O5/c1-4-5-6-16(13-29)26-21-20-18(9-15(12-24-20)23(30)31)27-22(28-21)25-11-14-7-8-17(32-2)10-19(14)33-3/h7-10,12,16,29-31H,4-6,11,13H2,1-3H3,(H2,25,26,27,28)/t16-/m1/s1. The summed E-state index contributed by atoms with van der Waals surface area (Å²) in [4.78, 5) is 13.4. The summed E-state index contributed by atoms with van der Waals surface area (Å²) in [5, 5.41) is 35.3. The molecule has 10 nitrogen and oxygen atoms in total. The van der Waals surface area contributed by atoms with Gasteiger partial charge >= 0.3 is 7.12 Å². The number of rotatable bonds is 12. The van der Waals surface area contributed by atoms with Gasteiger partial charge in [0.05, 0.1) is 32.4 Å². The van der Waals surface area contributed by atoms with E-state index in [4.69, 9.17) is 9.47 Å². The van der Waals surface area contributed by atoms with Gasteiger partial charge in [0.1, 0.15) is 17.0 Å². The number of methoxy groups -OCH3 is 2. The van der Waals surface area contributed by atoms with Crippen molar-refractivity contribution < 1.29 is 24.6 Å². The molecular weight excluding hydrogens is 425 g/mol. The molecule has 5 N–H and O–H groups in total. The van der Waals surface area contributed by atoms with Crippen molar-refractivity contribution in [2.75, 3.05) is 31.5 Å². The van der Waals surface area contributed by atoms with Crippen LogP contribution in [0.25, 0.3) is 11.0 Å². The highest BCUT2D eigenvalue weighted by Gasteiger charge is 2.18. The van der Waals surface area contributed by atoms with Crippen molar-refractivity contribution in [1.82, 2.24) is 15.0 Å². The zero-order valence-corrected chi connectivity index (χ0v) is 19.1. The molecule has 2 heterocycles. The van der Waals surface area contributed by atoms with Gasteiger partial charge in [0.2, 0.25) is 5.95 Å². The maximum atomic E-state index is 9.79. The maximum absolute atomic E-state index is 9.79. The zero-order valence-electron chi connectivity index (χ0n) is 19.1. The molecule has 0 aliphatic heterocycles. The summed E-state index contributed by atoms with van der Waals surface area (Å²) >= 11 is 0. The Balaban J connectivity index is 1.93. The molecule has 0 bridgehead atoms. The first-order valence-electron chi connectivity index (χ1n) is 10.8. The second kappa shape index (κ2) is 11.6. The molecule has 2 aromatic heterocycles. The number of unbranched alkanes of at least 4 members (excludes halogenated alkanes) is 1. The van der Waals surface area contributed by atoms with Crippen LogP contribution in [0, 0.1) is 0 Å². The normalized spacial score (nSPS) is 11.8. The van der Waals surface area contributed by atoms with E-state index in [2.05, 4.69) is 32.5 Å². The van der Waals surface area contributed by atoms with E-state index in [0.29, 0.717) is 40.8 Å². The molecule has 0 amide bonds. The van der Waals surface area contributed by atoms with Crippen LogP contribution < -0.4 is 25.6 Å². The summed E-state index contributed by atoms with van der Waals surface area (Å²) in [6.45, 7) is 2.42. The molecule has 33 heavy (non-hydrogen) atoms. The van der Waals surface area contributed by atoms with E-state index in [1.54, 1.807) is 26.4 Å². The van der Waals surface area contributed by atoms with Gasteiger partial charge in [0.25, 0.3) is 0 Å². The molecule has 0 fully saturated rings. The number of hydrogen-bond acceptors (Lipinski definition) is 10. The minimum atomic E-state index is -1.66. The fraction of sp³-hybridized carbons (Fsp3) is 0.409. The maximum Gasteiger partial charge on any atom is 0.490 e. The predicted octanol–water partition coefficient (Wildman–Crippen LogP) is 1.30. The third-order valence-electron chi connectivity index (χ3n) is 5.25. The number of benzene rings is 1. The fourth-order valence-electron chi connectivity index (χ4n) is 3.38. The quantitative estimate of drug-likeness (QED) is 0.254. The average Bonchev–Trinajstić information content (AvgIpc) is 2.84. The van der Waals surface area contributed by atoms with Gasteiger partial charge in [0, 0.05) is 29.8 Å². The molecule has 176 valence electrons. The third-order valence-corrected chi connectivity index (χ3v) is 5.25. The smallest absolute Gasteiger partial charge is 0.490 e. The Labute approximate surface area is 193 Å². The first kappa shape index (κ1) is 24.5. The second-order valence-electron chi connectivity index (χ2n) is 7.60. The molecule has 0 radical (unpaired) electrons. The topological polar surface area (TPSA) is 142 Å². The molecule has 0 saturated carbocycles. The molecule has 1 atom stereocenters. The van der Waals surface area contributed by atoms with E-state index in [9.17, 15) is 15.2 Å². The van der Waals surface area contributed by atoms with E-state index in [1.165, 1.54) is 6.20 Å². The number of hydrogen-bond donors (Lipinski definition) is 5. The van der Waals surface area contributed by atoms with Gasteiger partial charge in [-0.05, 0) is 24.6 Å². The molecule has 1 aromatic carbocycles. The van der Waals surface area contributed by atoms with Crippen LogP contribution in [0.3, 0.4) is 0 Å². The van der Waals surface area contributed by atoms with Gasteiger partial charge in [-0.15, -0.1) is 0 Å². The van der Waals surface area contributed by atoms with Crippen molar-refractivity contribution >= 4 is 35.4 Å². The molecule has 3 aromatic rings. The van der Waals surface area contributed by atoms with E-state index in [-0.39, 0.29) is 18.1 Å². The Morgan fingerprint density at radius 1 is 1.12 bits per heavy atom. The second-order valence-corrected chi connectivity index (χ2v) is 7.60. The van der Waals surface area contributed by atoms with Crippen LogP contribution in [0.15, 0.2) is 30.5 Å². The minimum Gasteiger partial charge on any atom is -0.497 e. The van der Waals surface area contributed by atoms with E-state index >= 15 is 0 Å². The number of fused-ring (bicyclic) bond motifs is 1. The average molecular weight is 455 g/mol. The largest absolute Gasteiger partial charge is 0.497 e. The van der Waals surface area contributed by atoms with Crippen molar-refractivity contribution in [3.63, 3.8) is 0 Å². The Morgan fingerprint density at radius 3 is 2.61 bits per heavy atom. The Hall–Kier alpha value is -3.15. The lowest BCUT2D eigenvalue weighted by Crippen LogP contribution is -2.30. The SMILES string of the molecule is CCCC[C@H](CO)Nc1nc(NCc2ccc(OC)cc2OC)nc2cc(B(O)O)cnc12. The monoisotopic (exact) mass is 455 g/mol. The number of nitrogens with one attached hydrogen (secondary N) is 2. The number of aromatic nitrogens is 3. The van der Waals surface area contributed by atoms with Gasteiger partial charge in [0.15, 0.2) is 5.82 Å².